The van der Waals surface area contributed by atoms with E-state index in [1.807, 2.05) is 0 Å². The standard InChI is InChI=1S/C61H41N3O/c1-38-33-34-52(62-61(49-30-16-22-40-19-7-8-25-45(40)49)63-58(38)44-24-15-23-41(35-44)39-17-3-2-4-18-39)56-47-27-9-10-28-48(47)60-57(50-29-12-14-32-55(50)65-60)59(56)64-53-31-13-11-26-46(53)51-36-42-20-5-6-21-43(42)37-54(51)64/h2-32,34-38H,33H2,1H3/b52-34+,62-61-,63-58+. The minimum absolute atomic E-state index is 0.0595. The number of hydrogen-bond acceptors (Lipinski definition) is 3. The normalized spacial score (nSPS) is 17.0. The Labute approximate surface area is 375 Å². The van der Waals surface area contributed by atoms with E-state index in [0.717, 1.165) is 100 Å². The summed E-state index contributed by atoms with van der Waals surface area (Å²) in [5, 5.41) is 11.3. The average molecular weight is 832 g/mol. The van der Waals surface area contributed by atoms with Gasteiger partial charge in [-0.1, -0.05) is 189 Å². The number of aliphatic imine (C=N–C) groups is 2. The van der Waals surface area contributed by atoms with Crippen molar-refractivity contribution < 1.29 is 4.42 Å². The Morgan fingerprint density at radius 2 is 1.11 bits per heavy atom. The van der Waals surface area contributed by atoms with Crippen molar-refractivity contribution in [3.05, 3.63) is 229 Å². The Hall–Kier alpha value is -8.34. The number of aromatic nitrogens is 1. The maximum atomic E-state index is 6.96. The van der Waals surface area contributed by atoms with Gasteiger partial charge in [0.15, 0.2) is 5.84 Å². The third-order valence-electron chi connectivity index (χ3n) is 13.4. The third-order valence-corrected chi connectivity index (χ3v) is 13.4. The minimum Gasteiger partial charge on any atom is -0.455 e. The number of nitrogens with zero attached hydrogens (tertiary/aromatic N) is 3. The molecule has 2 aromatic heterocycles. The van der Waals surface area contributed by atoms with Gasteiger partial charge in [-0.15, -0.1) is 0 Å². The van der Waals surface area contributed by atoms with Gasteiger partial charge < -0.3 is 8.98 Å². The summed E-state index contributed by atoms with van der Waals surface area (Å²) in [5.41, 5.74) is 12.4. The molecule has 306 valence electrons. The lowest BCUT2D eigenvalue weighted by atomic mass is 9.90. The molecule has 0 radical (unpaired) electrons. The van der Waals surface area contributed by atoms with Crippen LogP contribution in [-0.2, 0) is 0 Å². The highest BCUT2D eigenvalue weighted by Gasteiger charge is 2.28. The number of fused-ring (bicyclic) bond motifs is 10. The van der Waals surface area contributed by atoms with Gasteiger partial charge in [0.1, 0.15) is 11.2 Å². The predicted octanol–water partition coefficient (Wildman–Crippen LogP) is 16.1. The topological polar surface area (TPSA) is 42.8 Å². The molecule has 0 N–H and O–H groups in total. The molecule has 1 unspecified atom stereocenters. The summed E-state index contributed by atoms with van der Waals surface area (Å²) in [7, 11) is 0. The molecule has 10 aromatic carbocycles. The lowest BCUT2D eigenvalue weighted by Gasteiger charge is -2.22. The fourth-order valence-corrected chi connectivity index (χ4v) is 10.3. The van der Waals surface area contributed by atoms with Crippen molar-refractivity contribution in [3.8, 4) is 16.8 Å². The first kappa shape index (κ1) is 37.2. The maximum Gasteiger partial charge on any atom is 0.160 e. The number of rotatable bonds is 5. The van der Waals surface area contributed by atoms with Gasteiger partial charge in [-0.05, 0) is 80.4 Å². The van der Waals surface area contributed by atoms with E-state index >= 15 is 0 Å². The molecule has 0 fully saturated rings. The highest BCUT2D eigenvalue weighted by atomic mass is 16.3. The summed E-state index contributed by atoms with van der Waals surface area (Å²) in [6.07, 6.45) is 3.10. The Morgan fingerprint density at radius 3 is 1.95 bits per heavy atom. The fraction of sp³-hybridized carbons (Fsp3) is 0.0492. The number of allylic oxidation sites excluding steroid dienone is 1. The molecule has 0 aliphatic carbocycles. The first-order valence-electron chi connectivity index (χ1n) is 22.5. The van der Waals surface area contributed by atoms with Crippen molar-refractivity contribution >= 4 is 93.3 Å². The molecule has 13 rings (SSSR count). The molecule has 1 aliphatic heterocycles. The van der Waals surface area contributed by atoms with Crippen molar-refractivity contribution in [2.24, 2.45) is 15.9 Å². The summed E-state index contributed by atoms with van der Waals surface area (Å²) in [5.74, 6) is 0.740. The summed E-state index contributed by atoms with van der Waals surface area (Å²) in [4.78, 5) is 11.6. The summed E-state index contributed by atoms with van der Waals surface area (Å²) < 4.78 is 9.44. The summed E-state index contributed by atoms with van der Waals surface area (Å²) in [6.45, 7) is 2.30. The predicted molar refractivity (Wildman–Crippen MR) is 274 cm³/mol. The number of amidine groups is 1. The Balaban J connectivity index is 1.17. The maximum absolute atomic E-state index is 6.96. The van der Waals surface area contributed by atoms with Gasteiger partial charge in [0.05, 0.1) is 33.5 Å². The first-order valence-corrected chi connectivity index (χ1v) is 22.5. The van der Waals surface area contributed by atoms with E-state index < -0.39 is 0 Å². The van der Waals surface area contributed by atoms with Gasteiger partial charge in [0, 0.05) is 38.6 Å². The number of para-hydroxylation sites is 2. The van der Waals surface area contributed by atoms with Gasteiger partial charge in [-0.3, -0.25) is 0 Å². The molecule has 65 heavy (non-hydrogen) atoms. The highest BCUT2D eigenvalue weighted by molar-refractivity contribution is 6.26. The Kier molecular flexibility index (Phi) is 8.53. The Bertz CT molecular complexity index is 3990. The molecule has 0 saturated carbocycles. The molecule has 0 bridgehead atoms. The van der Waals surface area contributed by atoms with E-state index in [1.54, 1.807) is 0 Å². The van der Waals surface area contributed by atoms with Crippen LogP contribution in [0.2, 0.25) is 0 Å². The van der Waals surface area contributed by atoms with E-state index in [-0.39, 0.29) is 5.92 Å². The monoisotopic (exact) mass is 831 g/mol. The zero-order chi connectivity index (χ0) is 43.0. The highest BCUT2D eigenvalue weighted by Crippen LogP contribution is 2.47. The van der Waals surface area contributed by atoms with Crippen LogP contribution < -0.4 is 0 Å². The van der Waals surface area contributed by atoms with E-state index in [4.69, 9.17) is 14.4 Å². The summed E-state index contributed by atoms with van der Waals surface area (Å²) >= 11 is 0. The minimum atomic E-state index is 0.0595. The van der Waals surface area contributed by atoms with Gasteiger partial charge in [-0.25, -0.2) is 9.98 Å². The molecule has 0 amide bonds. The van der Waals surface area contributed by atoms with Crippen molar-refractivity contribution in [1.82, 2.24) is 4.57 Å². The second-order valence-corrected chi connectivity index (χ2v) is 17.3. The SMILES string of the molecule is CC1C/C=C(c2c(-n3c4ccccc4c4cc5ccccc5cc43)c3c4ccccc4oc3c3ccccc23)/N=C(c2cccc3ccccc23)\N=C/1c1cccc(-c2ccccc2)c1. The second-order valence-electron chi connectivity index (χ2n) is 17.3. The largest absolute Gasteiger partial charge is 0.455 e. The molecule has 0 saturated heterocycles. The van der Waals surface area contributed by atoms with Gasteiger partial charge in [0.25, 0.3) is 0 Å². The molecular weight excluding hydrogens is 791 g/mol. The number of furan rings is 1. The van der Waals surface area contributed by atoms with E-state index in [9.17, 15) is 0 Å². The first-order chi connectivity index (χ1) is 32.2. The smallest absolute Gasteiger partial charge is 0.160 e. The van der Waals surface area contributed by atoms with Crippen LogP contribution in [0.4, 0.5) is 0 Å². The van der Waals surface area contributed by atoms with Crippen LogP contribution in [0.5, 0.6) is 0 Å². The van der Waals surface area contributed by atoms with Crippen LogP contribution in [0.3, 0.4) is 0 Å². The van der Waals surface area contributed by atoms with Gasteiger partial charge in [-0.2, -0.15) is 0 Å². The van der Waals surface area contributed by atoms with E-state index in [0.29, 0.717) is 5.84 Å². The average Bonchev–Trinajstić information content (AvgIpc) is 3.91. The number of hydrogen-bond donors (Lipinski definition) is 0. The Morgan fingerprint density at radius 1 is 0.477 bits per heavy atom. The van der Waals surface area contributed by atoms with Crippen LogP contribution in [0.15, 0.2) is 227 Å². The summed E-state index contributed by atoms with van der Waals surface area (Å²) in [6, 6.07) is 73.8. The van der Waals surface area contributed by atoms with Gasteiger partial charge in [0.2, 0.25) is 0 Å². The molecular formula is C61H41N3O. The molecule has 1 atom stereocenters. The molecule has 3 heterocycles. The third kappa shape index (κ3) is 5.98. The van der Waals surface area contributed by atoms with Crippen molar-refractivity contribution in [2.75, 3.05) is 0 Å². The molecule has 4 heteroatoms. The zero-order valence-electron chi connectivity index (χ0n) is 35.7. The number of benzene rings is 10. The van der Waals surface area contributed by atoms with E-state index in [2.05, 4.69) is 224 Å². The van der Waals surface area contributed by atoms with Gasteiger partial charge >= 0.3 is 0 Å². The molecule has 0 spiro atoms. The van der Waals surface area contributed by atoms with Crippen LogP contribution in [0.25, 0.3) is 98.6 Å². The lowest BCUT2D eigenvalue weighted by Crippen LogP contribution is -2.17. The van der Waals surface area contributed by atoms with Crippen molar-refractivity contribution in [1.29, 1.82) is 0 Å². The quantitative estimate of drug-likeness (QED) is 0.170. The lowest BCUT2D eigenvalue weighted by molar-refractivity contribution is 0.672. The molecule has 12 aromatic rings. The zero-order valence-corrected chi connectivity index (χ0v) is 35.7. The van der Waals surface area contributed by atoms with E-state index in [1.165, 1.54) is 27.1 Å². The van der Waals surface area contributed by atoms with Crippen LogP contribution in [0.1, 0.15) is 30.0 Å². The molecule has 4 nitrogen and oxygen atoms in total. The van der Waals surface area contributed by atoms with Crippen LogP contribution in [0, 0.1) is 5.92 Å². The van der Waals surface area contributed by atoms with Crippen LogP contribution in [-0.4, -0.2) is 16.1 Å². The van der Waals surface area contributed by atoms with Crippen molar-refractivity contribution in [2.45, 2.75) is 13.3 Å². The van der Waals surface area contributed by atoms with Crippen molar-refractivity contribution in [3.63, 3.8) is 0 Å². The second kappa shape index (κ2) is 14.9. The van der Waals surface area contributed by atoms with Crippen LogP contribution >= 0.6 is 0 Å². The fourth-order valence-electron chi connectivity index (χ4n) is 10.3. The molecule has 1 aliphatic rings.